The lowest BCUT2D eigenvalue weighted by atomic mass is 10.0. The Kier molecular flexibility index (Phi) is 3.53. The van der Waals surface area contributed by atoms with Gasteiger partial charge in [-0.2, -0.15) is 0 Å². The van der Waals surface area contributed by atoms with Crippen LogP contribution in [0.25, 0.3) is 10.1 Å². The minimum Gasteiger partial charge on any atom is -0.459 e. The van der Waals surface area contributed by atoms with E-state index in [1.807, 2.05) is 30.3 Å². The minimum absolute atomic E-state index is 0.124. The van der Waals surface area contributed by atoms with E-state index in [-0.39, 0.29) is 18.2 Å². The molecule has 0 aliphatic carbocycles. The van der Waals surface area contributed by atoms with Gasteiger partial charge in [-0.25, -0.2) is 0 Å². The van der Waals surface area contributed by atoms with Crippen LogP contribution in [0.1, 0.15) is 22.4 Å². The van der Waals surface area contributed by atoms with Crippen molar-refractivity contribution in [2.75, 3.05) is 6.54 Å². The summed E-state index contributed by atoms with van der Waals surface area (Å²) in [5.74, 6) is -0.0940. The molecule has 0 unspecified atom stereocenters. The van der Waals surface area contributed by atoms with Crippen LogP contribution in [0.15, 0.2) is 53.1 Å². The fraction of sp³-hybridized carbons (Fsp3) is 0.188. The number of fused-ring (bicyclic) bond motifs is 1. The third-order valence-electron chi connectivity index (χ3n) is 3.29. The van der Waals surface area contributed by atoms with Gasteiger partial charge in [0.2, 0.25) is 0 Å². The van der Waals surface area contributed by atoms with Crippen molar-refractivity contribution in [3.05, 3.63) is 59.4 Å². The van der Waals surface area contributed by atoms with Crippen molar-refractivity contribution in [1.82, 2.24) is 5.32 Å². The van der Waals surface area contributed by atoms with Crippen LogP contribution >= 0.6 is 11.3 Å². The second-order valence-corrected chi connectivity index (χ2v) is 6.17. The highest BCUT2D eigenvalue weighted by Crippen LogP contribution is 2.32. The monoisotopic (exact) mass is 301 g/mol. The highest BCUT2D eigenvalue weighted by Gasteiger charge is 2.26. The molecule has 0 aliphatic heterocycles. The van der Waals surface area contributed by atoms with Crippen molar-refractivity contribution >= 4 is 27.3 Å². The fourth-order valence-corrected chi connectivity index (χ4v) is 3.19. The molecule has 3 rings (SSSR count). The van der Waals surface area contributed by atoms with Gasteiger partial charge in [0, 0.05) is 9.58 Å². The van der Waals surface area contributed by atoms with E-state index < -0.39 is 5.60 Å². The number of benzene rings is 1. The second-order valence-electron chi connectivity index (χ2n) is 5.08. The van der Waals surface area contributed by atoms with E-state index in [0.717, 1.165) is 15.0 Å². The number of carbonyl (C=O) groups excluding carboxylic acids is 1. The first-order valence-corrected chi connectivity index (χ1v) is 7.41. The van der Waals surface area contributed by atoms with Crippen LogP contribution < -0.4 is 5.32 Å². The third kappa shape index (κ3) is 2.84. The average Bonchev–Trinajstić information content (AvgIpc) is 3.13. The van der Waals surface area contributed by atoms with E-state index in [0.29, 0.717) is 0 Å². The molecule has 2 N–H and O–H groups in total. The first kappa shape index (κ1) is 13.9. The lowest BCUT2D eigenvalue weighted by Gasteiger charge is -2.21. The van der Waals surface area contributed by atoms with Gasteiger partial charge in [0.15, 0.2) is 5.76 Å². The average molecular weight is 301 g/mol. The van der Waals surface area contributed by atoms with E-state index in [1.54, 1.807) is 19.1 Å². The molecule has 0 bridgehead atoms. The maximum absolute atomic E-state index is 11.8. The summed E-state index contributed by atoms with van der Waals surface area (Å²) in [6.45, 7) is 1.82. The molecule has 21 heavy (non-hydrogen) atoms. The summed E-state index contributed by atoms with van der Waals surface area (Å²) in [4.78, 5) is 12.7. The molecule has 1 aromatic carbocycles. The fourth-order valence-electron chi connectivity index (χ4n) is 2.08. The highest BCUT2D eigenvalue weighted by atomic mass is 32.1. The summed E-state index contributed by atoms with van der Waals surface area (Å²) in [5.41, 5.74) is -1.12. The highest BCUT2D eigenvalue weighted by molar-refractivity contribution is 7.19. The number of rotatable bonds is 4. The van der Waals surface area contributed by atoms with Gasteiger partial charge in [-0.1, -0.05) is 18.2 Å². The molecular weight excluding hydrogens is 286 g/mol. The molecule has 2 aromatic heterocycles. The summed E-state index contributed by atoms with van der Waals surface area (Å²) in [5, 5.41) is 14.4. The Morgan fingerprint density at radius 2 is 2.14 bits per heavy atom. The molecule has 0 saturated carbocycles. The van der Waals surface area contributed by atoms with Gasteiger partial charge in [0.1, 0.15) is 5.60 Å². The first-order valence-electron chi connectivity index (χ1n) is 6.59. The van der Waals surface area contributed by atoms with Crippen LogP contribution in [0.3, 0.4) is 0 Å². The summed E-state index contributed by atoms with van der Waals surface area (Å²) in [7, 11) is 0. The van der Waals surface area contributed by atoms with E-state index >= 15 is 0 Å². The number of nitrogens with one attached hydrogen (secondary N) is 1. The zero-order chi connectivity index (χ0) is 14.9. The lowest BCUT2D eigenvalue weighted by Crippen LogP contribution is -2.37. The van der Waals surface area contributed by atoms with E-state index in [9.17, 15) is 9.90 Å². The number of amides is 1. The Morgan fingerprint density at radius 1 is 1.33 bits per heavy atom. The van der Waals surface area contributed by atoms with Crippen molar-refractivity contribution in [2.45, 2.75) is 12.5 Å². The molecular formula is C16H15NO3S. The van der Waals surface area contributed by atoms with Gasteiger partial charge in [0.05, 0.1) is 12.8 Å². The molecule has 4 nitrogen and oxygen atoms in total. The molecule has 0 saturated heterocycles. The molecule has 0 fully saturated rings. The normalized spacial score (nSPS) is 14.0. The molecule has 0 aliphatic rings. The van der Waals surface area contributed by atoms with E-state index in [2.05, 4.69) is 5.32 Å². The van der Waals surface area contributed by atoms with Gasteiger partial charge in [-0.15, -0.1) is 11.3 Å². The van der Waals surface area contributed by atoms with E-state index in [4.69, 9.17) is 4.42 Å². The maximum Gasteiger partial charge on any atom is 0.287 e. The van der Waals surface area contributed by atoms with Gasteiger partial charge in [-0.3, -0.25) is 4.79 Å². The largest absolute Gasteiger partial charge is 0.459 e. The lowest BCUT2D eigenvalue weighted by molar-refractivity contribution is 0.0549. The van der Waals surface area contributed by atoms with Crippen molar-refractivity contribution in [3.63, 3.8) is 0 Å². The van der Waals surface area contributed by atoms with Crippen LogP contribution in [0.2, 0.25) is 0 Å². The summed E-state index contributed by atoms with van der Waals surface area (Å²) < 4.78 is 6.14. The Bertz CT molecular complexity index is 726. The predicted octanol–water partition coefficient (Wildman–Crippen LogP) is 3.13. The Balaban J connectivity index is 1.75. The number of carbonyl (C=O) groups is 1. The van der Waals surface area contributed by atoms with Crippen LogP contribution in [0, 0.1) is 0 Å². The Labute approximate surface area is 126 Å². The quantitative estimate of drug-likeness (QED) is 0.778. The number of furan rings is 1. The minimum atomic E-state index is -1.12. The molecule has 1 atom stereocenters. The molecule has 3 aromatic rings. The van der Waals surface area contributed by atoms with Crippen molar-refractivity contribution in [1.29, 1.82) is 0 Å². The Morgan fingerprint density at radius 3 is 2.86 bits per heavy atom. The predicted molar refractivity (Wildman–Crippen MR) is 82.4 cm³/mol. The number of hydrogen-bond donors (Lipinski definition) is 2. The topological polar surface area (TPSA) is 62.5 Å². The third-order valence-corrected chi connectivity index (χ3v) is 4.66. The first-order chi connectivity index (χ1) is 10.1. The smallest absolute Gasteiger partial charge is 0.287 e. The van der Waals surface area contributed by atoms with Crippen molar-refractivity contribution in [3.8, 4) is 0 Å². The van der Waals surface area contributed by atoms with Crippen molar-refractivity contribution < 1.29 is 14.3 Å². The molecule has 1 amide bonds. The van der Waals surface area contributed by atoms with Crippen LogP contribution in [-0.4, -0.2) is 17.6 Å². The number of hydrogen-bond acceptors (Lipinski definition) is 4. The molecule has 0 radical (unpaired) electrons. The summed E-state index contributed by atoms with van der Waals surface area (Å²) in [6.07, 6.45) is 1.44. The number of thiophene rings is 1. The van der Waals surface area contributed by atoms with Crippen LogP contribution in [-0.2, 0) is 5.60 Å². The van der Waals surface area contributed by atoms with Crippen molar-refractivity contribution in [2.24, 2.45) is 0 Å². The summed E-state index contributed by atoms with van der Waals surface area (Å²) >= 11 is 1.53. The molecule has 0 spiro atoms. The van der Waals surface area contributed by atoms with Gasteiger partial charge < -0.3 is 14.8 Å². The molecule has 2 heterocycles. The zero-order valence-electron chi connectivity index (χ0n) is 11.5. The van der Waals surface area contributed by atoms with Gasteiger partial charge >= 0.3 is 0 Å². The SMILES string of the molecule is C[C@@](O)(CNC(=O)c1ccco1)c1cc2ccccc2s1. The molecule has 108 valence electrons. The van der Waals surface area contributed by atoms with Gasteiger partial charge in [-0.05, 0) is 36.6 Å². The zero-order valence-corrected chi connectivity index (χ0v) is 12.3. The second kappa shape index (κ2) is 5.35. The van der Waals surface area contributed by atoms with Crippen LogP contribution in [0.5, 0.6) is 0 Å². The maximum atomic E-state index is 11.8. The standard InChI is InChI=1S/C16H15NO3S/c1-16(19,10-17-15(18)12-6-4-8-20-12)14-9-11-5-2-3-7-13(11)21-14/h2-9,19H,10H2,1H3,(H,17,18)/t16-/m1/s1. The van der Waals surface area contributed by atoms with Gasteiger partial charge in [0.25, 0.3) is 5.91 Å². The van der Waals surface area contributed by atoms with E-state index in [1.165, 1.54) is 17.6 Å². The molecule has 5 heteroatoms. The Hall–Kier alpha value is -2.11. The summed E-state index contributed by atoms with van der Waals surface area (Å²) in [6, 6.07) is 13.2. The van der Waals surface area contributed by atoms with Crippen LogP contribution in [0.4, 0.5) is 0 Å². The number of aliphatic hydroxyl groups is 1.